The van der Waals surface area contributed by atoms with Gasteiger partial charge >= 0.3 is 141 Å². The molecule has 0 unspecified atom stereocenters. The van der Waals surface area contributed by atoms with E-state index in [0.717, 1.165) is 18.4 Å². The molecule has 0 amide bonds. The first-order valence-electron chi connectivity index (χ1n) is 6.78. The summed E-state index contributed by atoms with van der Waals surface area (Å²) in [6, 6.07) is 10.4. The summed E-state index contributed by atoms with van der Waals surface area (Å²) in [6.07, 6.45) is 1.28. The second-order valence-corrected chi connectivity index (χ2v) is 11.0. The molecule has 0 aromatic heterocycles. The van der Waals surface area contributed by atoms with Crippen molar-refractivity contribution in [2.45, 2.75) is 23.4 Å². The van der Waals surface area contributed by atoms with Crippen molar-refractivity contribution < 1.29 is 12.6 Å². The molecule has 0 atom stereocenters. The van der Waals surface area contributed by atoms with Crippen LogP contribution >= 0.6 is 0 Å². The van der Waals surface area contributed by atoms with E-state index < -0.39 is 10.1 Å². The van der Waals surface area contributed by atoms with E-state index in [9.17, 15) is 8.42 Å². The van der Waals surface area contributed by atoms with Crippen LogP contribution in [0.2, 0.25) is 0 Å². The third-order valence-electron chi connectivity index (χ3n) is 3.55. The van der Waals surface area contributed by atoms with E-state index in [1.165, 1.54) is 16.1 Å². The van der Waals surface area contributed by atoms with Crippen molar-refractivity contribution >= 4 is 44.1 Å². The molecule has 4 nitrogen and oxygen atoms in total. The fraction of sp³-hybridized carbons (Fsp3) is 0.500. The van der Waals surface area contributed by atoms with Gasteiger partial charge in [-0.3, -0.25) is 0 Å². The van der Waals surface area contributed by atoms with Crippen LogP contribution in [0.1, 0.15) is 18.4 Å². The van der Waals surface area contributed by atoms with Crippen LogP contribution in [0.3, 0.4) is 0 Å². The number of nitrogens with zero attached hydrogens (tertiary/aromatic N) is 1. The average molecular weight is 439 g/mol. The molecule has 0 N–H and O–H groups in total. The van der Waals surface area contributed by atoms with Gasteiger partial charge in [-0.05, 0) is 0 Å². The van der Waals surface area contributed by atoms with Gasteiger partial charge in [0.05, 0.1) is 0 Å². The van der Waals surface area contributed by atoms with Gasteiger partial charge in [0.25, 0.3) is 0 Å². The van der Waals surface area contributed by atoms with Gasteiger partial charge in [-0.15, -0.1) is 0 Å². The zero-order chi connectivity index (χ0) is 15.3. The van der Waals surface area contributed by atoms with Crippen LogP contribution in [0.25, 0.3) is 0 Å². The van der Waals surface area contributed by atoms with E-state index >= 15 is 0 Å². The van der Waals surface area contributed by atoms with Crippen LogP contribution in [-0.2, 0) is 19.6 Å². The number of hydrogen-bond donors (Lipinski definition) is 0. The maximum absolute atomic E-state index is 11.7. The fourth-order valence-electron chi connectivity index (χ4n) is 2.27. The Hall–Kier alpha value is -0.161. The third-order valence-corrected chi connectivity index (χ3v) is 9.19. The van der Waals surface area contributed by atoms with Crippen LogP contribution in [0.5, 0.6) is 0 Å². The predicted octanol–water partition coefficient (Wildman–Crippen LogP) is 0.587. The van der Waals surface area contributed by atoms with Crippen LogP contribution < -0.4 is 0 Å². The normalized spacial score (nSPS) is 16.9. The van der Waals surface area contributed by atoms with E-state index in [1.54, 1.807) is 0 Å². The average Bonchev–Trinajstić information content (AvgIpc) is 2.53. The summed E-state index contributed by atoms with van der Waals surface area (Å²) in [5, 5.41) is 0.708. The van der Waals surface area contributed by atoms with Crippen LogP contribution in [0.15, 0.2) is 30.3 Å². The SMILES string of the molecule is COS(=O)(=O)C1CCN(C(=[Se])[Se]Cc2ccccc2)CC1. The van der Waals surface area contributed by atoms with Crippen molar-refractivity contribution in [3.63, 3.8) is 0 Å². The summed E-state index contributed by atoms with van der Waals surface area (Å²) in [5.41, 5.74) is 1.35. The Bertz CT molecular complexity index is 569. The Kier molecular flexibility index (Phi) is 6.48. The number of piperidine rings is 1. The van der Waals surface area contributed by atoms with Crippen LogP contribution in [-0.4, -0.2) is 72.7 Å². The number of likely N-dealkylation sites (tertiary alicyclic amines) is 1. The van der Waals surface area contributed by atoms with Crippen molar-refractivity contribution in [3.05, 3.63) is 35.9 Å². The second kappa shape index (κ2) is 7.91. The third kappa shape index (κ3) is 4.92. The Morgan fingerprint density at radius 3 is 2.52 bits per heavy atom. The molecule has 1 saturated heterocycles. The molecule has 1 aromatic rings. The van der Waals surface area contributed by atoms with E-state index in [0.29, 0.717) is 27.8 Å². The van der Waals surface area contributed by atoms with Crippen LogP contribution in [0, 0.1) is 0 Å². The maximum atomic E-state index is 11.7. The molecule has 1 aliphatic heterocycles. The van der Waals surface area contributed by atoms with Gasteiger partial charge in [-0.2, -0.15) is 0 Å². The second-order valence-electron chi connectivity index (χ2n) is 4.89. The quantitative estimate of drug-likeness (QED) is 0.481. The van der Waals surface area contributed by atoms with Gasteiger partial charge < -0.3 is 0 Å². The standard InChI is InChI=1S/C14H19NO3SSe2/c1-18-19(16,17)13-7-9-15(10-8-13)14(20)21-11-12-5-3-2-4-6-12/h2-6,13H,7-11H2,1H3. The summed E-state index contributed by atoms with van der Waals surface area (Å²) in [5.74, 6) is 0. The number of benzene rings is 1. The summed E-state index contributed by atoms with van der Waals surface area (Å²) in [6.45, 7) is 1.57. The molecule has 116 valence electrons. The first-order valence-corrected chi connectivity index (χ1v) is 11.2. The first-order chi connectivity index (χ1) is 10.0. The molecule has 1 aliphatic rings. The van der Waals surface area contributed by atoms with Crippen LogP contribution in [0.4, 0.5) is 0 Å². The molecule has 7 heteroatoms. The van der Waals surface area contributed by atoms with E-state index in [-0.39, 0.29) is 5.25 Å². The summed E-state index contributed by atoms with van der Waals surface area (Å²) in [7, 11) is -2.12. The molecular weight excluding hydrogens is 420 g/mol. The molecule has 1 aromatic carbocycles. The van der Waals surface area contributed by atoms with Crippen molar-refractivity contribution in [2.24, 2.45) is 0 Å². The Morgan fingerprint density at radius 1 is 1.33 bits per heavy atom. The van der Waals surface area contributed by atoms with Gasteiger partial charge in [-0.25, -0.2) is 0 Å². The molecule has 21 heavy (non-hydrogen) atoms. The van der Waals surface area contributed by atoms with Crippen molar-refractivity contribution in [1.29, 1.82) is 0 Å². The monoisotopic (exact) mass is 441 g/mol. The molecule has 1 heterocycles. The molecule has 0 aliphatic carbocycles. The molecule has 0 saturated carbocycles. The molecule has 2 rings (SSSR count). The molecule has 0 radical (unpaired) electrons. The summed E-state index contributed by atoms with van der Waals surface area (Å²) in [4.78, 5) is 2.28. The predicted molar refractivity (Wildman–Crippen MR) is 87.2 cm³/mol. The van der Waals surface area contributed by atoms with Gasteiger partial charge in [-0.1, -0.05) is 0 Å². The summed E-state index contributed by atoms with van der Waals surface area (Å²) < 4.78 is 29.3. The van der Waals surface area contributed by atoms with E-state index in [4.69, 9.17) is 0 Å². The first kappa shape index (κ1) is 17.2. The Morgan fingerprint density at radius 2 is 1.95 bits per heavy atom. The Labute approximate surface area is 140 Å². The molecule has 1 fully saturated rings. The van der Waals surface area contributed by atoms with Gasteiger partial charge in [0.2, 0.25) is 0 Å². The topological polar surface area (TPSA) is 46.6 Å². The fourth-order valence-corrected chi connectivity index (χ4v) is 6.14. The van der Waals surface area contributed by atoms with E-state index in [1.807, 2.05) is 6.07 Å². The Balaban J connectivity index is 1.81. The zero-order valence-electron chi connectivity index (χ0n) is 11.9. The summed E-state index contributed by atoms with van der Waals surface area (Å²) >= 11 is 3.54. The number of hydrogen-bond acceptors (Lipinski definition) is 4. The van der Waals surface area contributed by atoms with Gasteiger partial charge in [0.1, 0.15) is 0 Å². The minimum atomic E-state index is -3.37. The minimum absolute atomic E-state index is 0.354. The van der Waals surface area contributed by atoms with Crippen molar-refractivity contribution in [3.8, 4) is 0 Å². The molecule has 0 bridgehead atoms. The van der Waals surface area contributed by atoms with E-state index in [2.05, 4.69) is 48.9 Å². The molecular formula is C14H19NO3SSe2. The zero-order valence-corrected chi connectivity index (χ0v) is 16.1. The molecule has 0 spiro atoms. The van der Waals surface area contributed by atoms with Crippen molar-refractivity contribution in [1.82, 2.24) is 4.90 Å². The van der Waals surface area contributed by atoms with Gasteiger partial charge in [0, 0.05) is 0 Å². The van der Waals surface area contributed by atoms with Gasteiger partial charge in [0.15, 0.2) is 0 Å². The van der Waals surface area contributed by atoms with Crippen molar-refractivity contribution in [2.75, 3.05) is 20.2 Å². The number of rotatable bonds is 6.